The van der Waals surface area contributed by atoms with Crippen molar-refractivity contribution in [3.05, 3.63) is 0 Å². The minimum atomic E-state index is -0.414. The van der Waals surface area contributed by atoms with Gasteiger partial charge in [0.25, 0.3) is 19.7 Å². The molecule has 11 heteroatoms. The Labute approximate surface area is 102 Å². The van der Waals surface area contributed by atoms with Crippen molar-refractivity contribution in [3.8, 4) is 0 Å². The zero-order valence-corrected chi connectivity index (χ0v) is 11.1. The Morgan fingerprint density at radius 2 is 0.800 bits per heavy atom. The largest absolute Gasteiger partial charge is 0.370 e. The zero-order chi connectivity index (χ0) is 11.1. The summed E-state index contributed by atoms with van der Waals surface area (Å²) in [5, 5.41) is 0. The van der Waals surface area contributed by atoms with Crippen LogP contribution < -0.4 is 19.9 Å². The number of carbonyl (C=O) groups is 4. The highest BCUT2D eigenvalue weighted by Crippen LogP contribution is 1.31. The molecule has 0 aromatic carbocycles. The minimum absolute atomic E-state index is 0. The van der Waals surface area contributed by atoms with Gasteiger partial charge in [-0.1, -0.05) is 0 Å². The quantitative estimate of drug-likeness (QED) is 0.199. The summed E-state index contributed by atoms with van der Waals surface area (Å²) in [6, 6.07) is 0. The predicted octanol–water partition coefficient (Wildman–Crippen LogP) is -4.89. The normalized spacial score (nSPS) is 6.40. The molecule has 0 aliphatic rings. The molecule has 0 bridgehead atoms. The summed E-state index contributed by atoms with van der Waals surface area (Å²) in [6.45, 7) is 0. The van der Waals surface area contributed by atoms with Crippen LogP contribution in [0.5, 0.6) is 0 Å². The summed E-state index contributed by atoms with van der Waals surface area (Å²) < 4.78 is 0. The van der Waals surface area contributed by atoms with Gasteiger partial charge in [-0.15, -0.1) is 0 Å². The molecule has 0 aliphatic carbocycles. The molecule has 0 unspecified atom stereocenters. The van der Waals surface area contributed by atoms with E-state index in [0.29, 0.717) is 25.6 Å². The molecule has 0 spiro atoms. The molecule has 0 rings (SSSR count). The van der Waals surface area contributed by atoms with E-state index in [1.54, 1.807) is 0 Å². The molecule has 4 N–H and O–H groups in total. The van der Waals surface area contributed by atoms with Crippen LogP contribution in [-0.4, -0.2) is 62.7 Å². The van der Waals surface area contributed by atoms with Crippen molar-refractivity contribution in [3.63, 3.8) is 0 Å². The van der Waals surface area contributed by atoms with Crippen LogP contribution >= 0.6 is 0 Å². The van der Waals surface area contributed by atoms with Gasteiger partial charge in [-0.05, 0) is 0 Å². The number of hydrogen-bond acceptors (Lipinski definition) is 4. The molecule has 0 heterocycles. The van der Waals surface area contributed by atoms with Crippen LogP contribution in [0.1, 0.15) is 0 Å². The number of nitrogens with one attached hydrogen (secondary N) is 4. The van der Waals surface area contributed by atoms with E-state index in [2.05, 4.69) is 19.9 Å². The molecule has 81 valence electrons. The first kappa shape index (κ1) is 19.4. The van der Waals surface area contributed by atoms with Gasteiger partial charge >= 0.3 is 0 Å². The van der Waals surface area contributed by atoms with E-state index in [1.807, 2.05) is 0 Å². The van der Waals surface area contributed by atoms with E-state index in [1.165, 1.54) is 0 Å². The van der Waals surface area contributed by atoms with Gasteiger partial charge in [0.15, 0.2) is 25.6 Å². The Bertz CT molecular complexity index is 141. The van der Waals surface area contributed by atoms with Gasteiger partial charge in [-0.2, -0.15) is 0 Å². The fourth-order valence-corrected chi connectivity index (χ4v) is 0.697. The Morgan fingerprint density at radius 3 is 0.933 bits per heavy atom. The second-order valence-electron chi connectivity index (χ2n) is 1.43. The van der Waals surface area contributed by atoms with E-state index in [4.69, 9.17) is 0 Å². The average Bonchev–Trinajstić information content (AvgIpc) is 2.21. The lowest BCUT2D eigenvalue weighted by molar-refractivity contribution is -0.109. The highest BCUT2D eigenvalue weighted by Gasteiger charge is 1.76. The van der Waals surface area contributed by atoms with Crippen molar-refractivity contribution in [2.45, 2.75) is 0 Å². The fourth-order valence-electron chi connectivity index (χ4n) is 0.232. The summed E-state index contributed by atoms with van der Waals surface area (Å²) in [4.78, 5) is 47.0. The van der Waals surface area contributed by atoms with Crippen LogP contribution in [0.15, 0.2) is 0 Å². The van der Waals surface area contributed by atoms with Gasteiger partial charge in [0.2, 0.25) is 0 Å². The maximum absolute atomic E-state index is 9.43. The van der Waals surface area contributed by atoms with Gasteiger partial charge in [0.1, 0.15) is 0 Å². The lowest BCUT2D eigenvalue weighted by atomic mass is 11.5. The average molecular weight is 261 g/mol. The Kier molecular flexibility index (Phi) is 29.8. The van der Waals surface area contributed by atoms with E-state index < -0.39 is 19.7 Å². The van der Waals surface area contributed by atoms with Crippen LogP contribution in [-0.2, 0) is 19.2 Å². The molecule has 0 aliphatic heterocycles. The molecule has 15 heavy (non-hydrogen) atoms. The summed E-state index contributed by atoms with van der Waals surface area (Å²) in [5.74, 6) is 0. The fraction of sp³-hybridized carbons (Fsp3) is 0. The molecule has 0 saturated heterocycles. The molecule has 8 nitrogen and oxygen atoms in total. The summed E-state index contributed by atoms with van der Waals surface area (Å²) in [7, 11) is -0.829. The standard InChI is InChI=1S/2C2H5N2O2Si.Al/c2*5-1-3-7-4-2-6;/h2*1-2,7H,(H,3,5)(H,4,6);. The lowest BCUT2D eigenvalue weighted by Crippen LogP contribution is -2.30. The van der Waals surface area contributed by atoms with Crippen molar-refractivity contribution < 1.29 is 19.2 Å². The van der Waals surface area contributed by atoms with E-state index in [0.717, 1.165) is 0 Å². The van der Waals surface area contributed by atoms with Crippen LogP contribution in [0, 0.1) is 0 Å². The van der Waals surface area contributed by atoms with Crippen LogP contribution in [0.3, 0.4) is 0 Å². The Balaban J connectivity index is -0.000000180. The van der Waals surface area contributed by atoms with Gasteiger partial charge < -0.3 is 19.9 Å². The van der Waals surface area contributed by atoms with Crippen molar-refractivity contribution in [2.75, 3.05) is 0 Å². The SMILES string of the molecule is O=CN[SiH]NC=O.O=CN[SiH]NC=O.[Al]. The highest BCUT2D eigenvalue weighted by molar-refractivity contribution is 6.35. The number of carbonyl (C=O) groups excluding carboxylic acids is 4. The van der Waals surface area contributed by atoms with Gasteiger partial charge in [0.05, 0.1) is 0 Å². The second kappa shape index (κ2) is 23.0. The molecule has 0 atom stereocenters. The van der Waals surface area contributed by atoms with Crippen molar-refractivity contribution in [1.29, 1.82) is 0 Å². The maximum Gasteiger partial charge on any atom is 0.276 e. The number of rotatable bonds is 8. The van der Waals surface area contributed by atoms with Crippen molar-refractivity contribution in [2.24, 2.45) is 0 Å². The Morgan fingerprint density at radius 1 is 0.600 bits per heavy atom. The van der Waals surface area contributed by atoms with Gasteiger partial charge in [0, 0.05) is 17.4 Å². The van der Waals surface area contributed by atoms with E-state index in [9.17, 15) is 19.2 Å². The smallest absolute Gasteiger partial charge is 0.276 e. The van der Waals surface area contributed by atoms with Gasteiger partial charge in [-0.3, -0.25) is 19.2 Å². The van der Waals surface area contributed by atoms with Crippen LogP contribution in [0.4, 0.5) is 0 Å². The molecular formula is C4H10AlN4O4Si2. The highest BCUT2D eigenvalue weighted by atomic mass is 28.2. The number of amides is 4. The molecule has 0 aromatic heterocycles. The molecule has 0 aromatic rings. The molecule has 0 saturated carbocycles. The molecule has 5 radical (unpaired) electrons. The monoisotopic (exact) mass is 261 g/mol. The first-order valence-electron chi connectivity index (χ1n) is 3.25. The third kappa shape index (κ3) is 32.2. The van der Waals surface area contributed by atoms with Crippen molar-refractivity contribution >= 4 is 62.7 Å². The lowest BCUT2D eigenvalue weighted by Gasteiger charge is -1.87. The first-order valence-corrected chi connectivity index (χ1v) is 5.56. The summed E-state index contributed by atoms with van der Waals surface area (Å²) in [6.07, 6.45) is 2.19. The van der Waals surface area contributed by atoms with Crippen molar-refractivity contribution in [1.82, 2.24) is 19.9 Å². The third-order valence-electron chi connectivity index (χ3n) is 0.605. The van der Waals surface area contributed by atoms with Crippen LogP contribution in [0.2, 0.25) is 0 Å². The van der Waals surface area contributed by atoms with Gasteiger partial charge in [-0.25, -0.2) is 0 Å². The Hall–Kier alpha value is -1.15. The molecule has 4 amide bonds. The molecular weight excluding hydrogens is 251 g/mol. The van der Waals surface area contributed by atoms with Crippen LogP contribution in [0.25, 0.3) is 0 Å². The summed E-state index contributed by atoms with van der Waals surface area (Å²) >= 11 is 0. The first-order chi connectivity index (χ1) is 6.83. The second-order valence-corrected chi connectivity index (χ2v) is 3.34. The van der Waals surface area contributed by atoms with E-state index in [-0.39, 0.29) is 17.4 Å². The topological polar surface area (TPSA) is 116 Å². The van der Waals surface area contributed by atoms with E-state index >= 15 is 0 Å². The zero-order valence-electron chi connectivity index (χ0n) is 7.67. The molecule has 0 fully saturated rings. The summed E-state index contributed by atoms with van der Waals surface area (Å²) in [5.41, 5.74) is 0. The maximum atomic E-state index is 9.43. The number of hydrogen-bond donors (Lipinski definition) is 4. The minimum Gasteiger partial charge on any atom is -0.370 e. The predicted molar refractivity (Wildman–Crippen MR) is 56.9 cm³/mol. The third-order valence-corrected chi connectivity index (χ3v) is 1.82.